The molecule has 2 aromatic rings. The van der Waals surface area contributed by atoms with E-state index < -0.39 is 40.8 Å². The van der Waals surface area contributed by atoms with Crippen LogP contribution in [0.1, 0.15) is 102 Å². The quantitative estimate of drug-likeness (QED) is 0.0761. The molecule has 1 aliphatic heterocycles. The summed E-state index contributed by atoms with van der Waals surface area (Å²) in [4.78, 5) is 69.2. The SMILES string of the molecule is CC(C)(C)OC(=O)CCCNc1ccc2c3c(cccc13)C(=O)N(CCCN=C(NC(=O)OC(C)(C)C)NC(=O)OC(C)(C)C)C2=O. The number of rotatable bonds is 9. The number of nitrogens with one attached hydrogen (secondary N) is 3. The van der Waals surface area contributed by atoms with Gasteiger partial charge >= 0.3 is 18.2 Å². The molecule has 256 valence electrons. The summed E-state index contributed by atoms with van der Waals surface area (Å²) in [6.07, 6.45) is -0.591. The summed E-state index contributed by atoms with van der Waals surface area (Å²) >= 11 is 0. The number of carbonyl (C=O) groups is 5. The van der Waals surface area contributed by atoms with E-state index in [1.165, 1.54) is 4.90 Å². The molecule has 0 atom stereocenters. The summed E-state index contributed by atoms with van der Waals surface area (Å²) in [5.74, 6) is -1.32. The van der Waals surface area contributed by atoms with Crippen LogP contribution in [0.15, 0.2) is 35.3 Å². The van der Waals surface area contributed by atoms with Crippen molar-refractivity contribution in [2.24, 2.45) is 4.99 Å². The Balaban J connectivity index is 1.69. The predicted molar refractivity (Wildman–Crippen MR) is 179 cm³/mol. The average Bonchev–Trinajstić information content (AvgIpc) is 2.90. The van der Waals surface area contributed by atoms with E-state index in [1.807, 2.05) is 26.8 Å². The van der Waals surface area contributed by atoms with Crippen molar-refractivity contribution in [1.82, 2.24) is 15.5 Å². The molecule has 0 aromatic heterocycles. The van der Waals surface area contributed by atoms with Gasteiger partial charge in [-0.25, -0.2) is 9.59 Å². The highest BCUT2D eigenvalue weighted by Gasteiger charge is 2.33. The van der Waals surface area contributed by atoms with Gasteiger partial charge in [0.15, 0.2) is 0 Å². The van der Waals surface area contributed by atoms with E-state index in [0.717, 1.165) is 11.1 Å². The lowest BCUT2D eigenvalue weighted by Gasteiger charge is -2.28. The molecule has 4 amide bonds. The van der Waals surface area contributed by atoms with Gasteiger partial charge in [0, 0.05) is 53.6 Å². The fraction of sp³-hybridized carbons (Fsp3) is 0.529. The van der Waals surface area contributed by atoms with E-state index in [0.29, 0.717) is 29.5 Å². The molecule has 1 aliphatic rings. The Morgan fingerprint density at radius 2 is 1.30 bits per heavy atom. The number of imide groups is 1. The van der Waals surface area contributed by atoms with Crippen molar-refractivity contribution in [3.63, 3.8) is 0 Å². The Hall–Kier alpha value is -4.68. The van der Waals surface area contributed by atoms with E-state index in [-0.39, 0.29) is 37.9 Å². The van der Waals surface area contributed by atoms with Crippen LogP contribution in [0.4, 0.5) is 15.3 Å². The molecule has 0 bridgehead atoms. The molecule has 0 saturated heterocycles. The zero-order valence-electron chi connectivity index (χ0n) is 28.8. The van der Waals surface area contributed by atoms with Crippen molar-refractivity contribution in [2.45, 2.75) is 98.4 Å². The smallest absolute Gasteiger partial charge is 0.414 e. The Bertz CT molecular complexity index is 1490. The summed E-state index contributed by atoms with van der Waals surface area (Å²) in [7, 11) is 0. The van der Waals surface area contributed by atoms with E-state index >= 15 is 0 Å². The van der Waals surface area contributed by atoms with Crippen LogP contribution in [-0.4, -0.2) is 77.3 Å². The maximum Gasteiger partial charge on any atom is 0.414 e. The Kier molecular flexibility index (Phi) is 11.6. The van der Waals surface area contributed by atoms with Crippen LogP contribution in [0, 0.1) is 0 Å². The van der Waals surface area contributed by atoms with Gasteiger partial charge in [0.1, 0.15) is 16.8 Å². The zero-order valence-corrected chi connectivity index (χ0v) is 28.8. The summed E-state index contributed by atoms with van der Waals surface area (Å²) in [5, 5.41) is 9.44. The summed E-state index contributed by atoms with van der Waals surface area (Å²) in [6, 6.07) is 8.78. The second kappa shape index (κ2) is 14.8. The number of alkyl carbamates (subject to hydrolysis) is 2. The second-order valence-corrected chi connectivity index (χ2v) is 14.1. The Labute approximate surface area is 275 Å². The van der Waals surface area contributed by atoms with Gasteiger partial charge in [-0.2, -0.15) is 0 Å². The zero-order chi connectivity index (χ0) is 35.2. The number of amides is 4. The number of ether oxygens (including phenoxy) is 3. The van der Waals surface area contributed by atoms with Gasteiger partial charge in [0.2, 0.25) is 5.96 Å². The lowest BCUT2D eigenvalue weighted by atomic mass is 9.93. The van der Waals surface area contributed by atoms with E-state index in [1.54, 1.807) is 65.8 Å². The first-order valence-corrected chi connectivity index (χ1v) is 15.7. The summed E-state index contributed by atoms with van der Waals surface area (Å²) in [5.41, 5.74) is -0.557. The van der Waals surface area contributed by atoms with Crippen molar-refractivity contribution in [3.05, 3.63) is 41.5 Å². The number of carbonyl (C=O) groups excluding carboxylic acids is 5. The minimum absolute atomic E-state index is 0.0494. The van der Waals surface area contributed by atoms with Crippen molar-refractivity contribution in [1.29, 1.82) is 0 Å². The number of hydrogen-bond donors (Lipinski definition) is 3. The van der Waals surface area contributed by atoms with Gasteiger partial charge in [-0.3, -0.25) is 34.9 Å². The van der Waals surface area contributed by atoms with Crippen LogP contribution in [-0.2, 0) is 19.0 Å². The monoisotopic (exact) mass is 653 g/mol. The molecule has 0 spiro atoms. The molecule has 13 nitrogen and oxygen atoms in total. The number of anilines is 1. The molecule has 1 heterocycles. The van der Waals surface area contributed by atoms with Gasteiger partial charge in [-0.05, 0) is 93.4 Å². The third kappa shape index (κ3) is 11.3. The third-order valence-electron chi connectivity index (χ3n) is 6.33. The molecule has 0 radical (unpaired) electrons. The normalized spacial score (nSPS) is 13.2. The fourth-order valence-electron chi connectivity index (χ4n) is 4.68. The summed E-state index contributed by atoms with van der Waals surface area (Å²) in [6.45, 7) is 16.3. The van der Waals surface area contributed by atoms with Crippen LogP contribution in [0.3, 0.4) is 0 Å². The van der Waals surface area contributed by atoms with E-state index in [9.17, 15) is 24.0 Å². The highest BCUT2D eigenvalue weighted by atomic mass is 16.6. The largest absolute Gasteiger partial charge is 0.460 e. The molecule has 0 unspecified atom stereocenters. The fourth-order valence-corrected chi connectivity index (χ4v) is 4.68. The topological polar surface area (TPSA) is 165 Å². The number of aliphatic imine (C=N–C) groups is 1. The number of nitrogens with zero attached hydrogens (tertiary/aromatic N) is 2. The highest BCUT2D eigenvalue weighted by molar-refractivity contribution is 6.26. The highest BCUT2D eigenvalue weighted by Crippen LogP contribution is 2.34. The minimum Gasteiger partial charge on any atom is -0.460 e. The van der Waals surface area contributed by atoms with Crippen molar-refractivity contribution in [2.75, 3.05) is 25.0 Å². The lowest BCUT2D eigenvalue weighted by Crippen LogP contribution is -2.47. The molecule has 13 heteroatoms. The molecule has 2 aromatic carbocycles. The van der Waals surface area contributed by atoms with Gasteiger partial charge in [0.25, 0.3) is 11.8 Å². The summed E-state index contributed by atoms with van der Waals surface area (Å²) < 4.78 is 15.9. The van der Waals surface area contributed by atoms with Crippen LogP contribution < -0.4 is 16.0 Å². The van der Waals surface area contributed by atoms with Gasteiger partial charge < -0.3 is 19.5 Å². The van der Waals surface area contributed by atoms with Gasteiger partial charge in [-0.15, -0.1) is 0 Å². The van der Waals surface area contributed by atoms with Crippen molar-refractivity contribution < 1.29 is 38.2 Å². The number of hydrogen-bond acceptors (Lipinski definition) is 10. The molecule has 0 fully saturated rings. The minimum atomic E-state index is -0.824. The molecule has 0 aliphatic carbocycles. The Morgan fingerprint density at radius 1 is 0.745 bits per heavy atom. The standard InChI is InChI=1S/C34H47N5O8/c1-32(2,3)45-25(40)15-11-18-35-24-17-16-23-26-21(24)13-10-14-22(26)27(41)39(28(23)42)20-12-19-36-29(37-30(43)46-33(4,5)6)38-31(44)47-34(7,8)9/h10,13-14,16-17,35H,11-12,15,18-20H2,1-9H3,(H2,36,37,38,43,44). The van der Waals surface area contributed by atoms with Gasteiger partial charge in [-0.1, -0.05) is 12.1 Å². The second-order valence-electron chi connectivity index (χ2n) is 14.1. The molecule has 3 rings (SSSR count). The van der Waals surface area contributed by atoms with Crippen LogP contribution in [0.2, 0.25) is 0 Å². The molecular formula is C34H47N5O8. The number of benzene rings is 2. The number of esters is 1. The predicted octanol–water partition coefficient (Wildman–Crippen LogP) is 5.77. The maximum atomic E-state index is 13.5. The van der Waals surface area contributed by atoms with Crippen LogP contribution >= 0.6 is 0 Å². The van der Waals surface area contributed by atoms with Crippen molar-refractivity contribution in [3.8, 4) is 0 Å². The van der Waals surface area contributed by atoms with Crippen LogP contribution in [0.5, 0.6) is 0 Å². The van der Waals surface area contributed by atoms with E-state index in [4.69, 9.17) is 14.2 Å². The molecule has 47 heavy (non-hydrogen) atoms. The Morgan fingerprint density at radius 3 is 1.85 bits per heavy atom. The first-order chi connectivity index (χ1) is 21.7. The molecular weight excluding hydrogens is 606 g/mol. The van der Waals surface area contributed by atoms with Gasteiger partial charge in [0.05, 0.1) is 0 Å². The first-order valence-electron chi connectivity index (χ1n) is 15.7. The molecule has 3 N–H and O–H groups in total. The lowest BCUT2D eigenvalue weighted by molar-refractivity contribution is -0.154. The first kappa shape index (κ1) is 36.8. The maximum absolute atomic E-state index is 13.5. The van der Waals surface area contributed by atoms with E-state index in [2.05, 4.69) is 20.9 Å². The number of guanidine groups is 1. The van der Waals surface area contributed by atoms with Crippen molar-refractivity contribution >= 4 is 52.4 Å². The van der Waals surface area contributed by atoms with Crippen LogP contribution in [0.25, 0.3) is 10.8 Å². The average molecular weight is 654 g/mol. The third-order valence-corrected chi connectivity index (χ3v) is 6.33. The molecule has 0 saturated carbocycles.